The van der Waals surface area contributed by atoms with E-state index in [1.54, 1.807) is 0 Å². The molecule has 0 aliphatic carbocycles. The molecule has 1 rings (SSSR count). The van der Waals surface area contributed by atoms with Gasteiger partial charge < -0.3 is 15.0 Å². The van der Waals surface area contributed by atoms with Gasteiger partial charge in [0.1, 0.15) is 6.54 Å². The number of amides is 1. The Morgan fingerprint density at radius 2 is 2.28 bits per heavy atom. The van der Waals surface area contributed by atoms with Gasteiger partial charge in [-0.15, -0.1) is 6.58 Å². The third-order valence-corrected chi connectivity index (χ3v) is 2.49. The van der Waals surface area contributed by atoms with E-state index in [1.165, 1.54) is 6.08 Å². The van der Waals surface area contributed by atoms with Crippen LogP contribution in [-0.2, 0) is 9.53 Å². The molecular weight excluding hydrogens is 249 g/mol. The molecule has 1 heterocycles. The van der Waals surface area contributed by atoms with Crippen molar-refractivity contribution in [2.45, 2.75) is 18.6 Å². The van der Waals surface area contributed by atoms with Crippen molar-refractivity contribution in [3.05, 3.63) is 12.7 Å². The van der Waals surface area contributed by atoms with Gasteiger partial charge in [-0.25, -0.2) is 0 Å². The van der Waals surface area contributed by atoms with Gasteiger partial charge in [0.05, 0.1) is 13.2 Å². The summed E-state index contributed by atoms with van der Waals surface area (Å²) >= 11 is 0. The number of carbonyl (C=O) groups is 1. The van der Waals surface area contributed by atoms with Crippen LogP contribution in [0.1, 0.15) is 6.42 Å². The van der Waals surface area contributed by atoms with E-state index in [4.69, 9.17) is 4.74 Å². The van der Waals surface area contributed by atoms with Crippen molar-refractivity contribution in [2.75, 3.05) is 32.8 Å². The van der Waals surface area contributed by atoms with Crippen molar-refractivity contribution in [3.8, 4) is 0 Å². The van der Waals surface area contributed by atoms with Crippen molar-refractivity contribution >= 4 is 5.91 Å². The molecule has 0 bridgehead atoms. The van der Waals surface area contributed by atoms with Gasteiger partial charge in [-0.1, -0.05) is 6.08 Å². The highest BCUT2D eigenvalue weighted by molar-refractivity contribution is 5.77. The third kappa shape index (κ3) is 5.50. The molecule has 104 valence electrons. The number of hydrogen-bond acceptors (Lipinski definition) is 3. The van der Waals surface area contributed by atoms with Gasteiger partial charge in [0, 0.05) is 25.6 Å². The summed E-state index contributed by atoms with van der Waals surface area (Å²) < 4.78 is 42.0. The van der Waals surface area contributed by atoms with Gasteiger partial charge in [0.25, 0.3) is 0 Å². The van der Waals surface area contributed by atoms with Gasteiger partial charge >= 0.3 is 6.18 Å². The Bertz CT molecular complexity index is 289. The molecule has 18 heavy (non-hydrogen) atoms. The maximum absolute atomic E-state index is 12.3. The molecule has 1 amide bonds. The highest BCUT2D eigenvalue weighted by Gasteiger charge is 2.33. The van der Waals surface area contributed by atoms with Crippen LogP contribution in [0.5, 0.6) is 0 Å². The van der Waals surface area contributed by atoms with Crippen LogP contribution in [0.3, 0.4) is 0 Å². The lowest BCUT2D eigenvalue weighted by molar-refractivity contribution is -0.160. The molecule has 0 aromatic heterocycles. The summed E-state index contributed by atoms with van der Waals surface area (Å²) in [6.07, 6.45) is -3.10. The molecule has 1 aliphatic rings. The molecule has 0 spiro atoms. The predicted octanol–water partition coefficient (Wildman–Crippen LogP) is 0.942. The summed E-state index contributed by atoms with van der Waals surface area (Å²) in [5, 5.41) is 3.03. The number of nitrogens with one attached hydrogen (secondary N) is 1. The minimum atomic E-state index is -4.39. The fraction of sp³-hybridized carbons (Fsp3) is 0.727. The monoisotopic (exact) mass is 266 g/mol. The van der Waals surface area contributed by atoms with Gasteiger partial charge in [0.15, 0.2) is 0 Å². The minimum Gasteiger partial charge on any atom is -0.378 e. The summed E-state index contributed by atoms with van der Waals surface area (Å²) in [5.41, 5.74) is 0. The lowest BCUT2D eigenvalue weighted by atomic mass is 10.2. The van der Waals surface area contributed by atoms with Crippen LogP contribution in [0.25, 0.3) is 0 Å². The van der Waals surface area contributed by atoms with Gasteiger partial charge in [0.2, 0.25) is 5.91 Å². The topological polar surface area (TPSA) is 41.6 Å². The normalized spacial score (nSPS) is 20.5. The van der Waals surface area contributed by atoms with Crippen molar-refractivity contribution in [1.29, 1.82) is 0 Å². The summed E-state index contributed by atoms with van der Waals surface area (Å²) in [6.45, 7) is 3.52. The Morgan fingerprint density at radius 1 is 1.56 bits per heavy atom. The van der Waals surface area contributed by atoms with Crippen LogP contribution in [0.4, 0.5) is 13.2 Å². The summed E-state index contributed by atoms with van der Waals surface area (Å²) in [5.74, 6) is -0.546. The third-order valence-electron chi connectivity index (χ3n) is 2.49. The number of carbonyl (C=O) groups excluding carboxylic acids is 1. The smallest absolute Gasteiger partial charge is 0.378 e. The number of rotatable bonds is 5. The molecule has 4 nitrogen and oxygen atoms in total. The second-order valence-electron chi connectivity index (χ2n) is 4.11. The zero-order valence-electron chi connectivity index (χ0n) is 10.0. The van der Waals surface area contributed by atoms with E-state index >= 15 is 0 Å². The average Bonchev–Trinajstić information content (AvgIpc) is 2.28. The predicted molar refractivity (Wildman–Crippen MR) is 60.1 cm³/mol. The Balaban J connectivity index is 2.50. The molecule has 1 saturated heterocycles. The molecule has 1 atom stereocenters. The minimum absolute atomic E-state index is 0.00389. The number of nitrogens with zero attached hydrogens (tertiary/aromatic N) is 1. The summed E-state index contributed by atoms with van der Waals surface area (Å²) in [4.78, 5) is 12.5. The van der Waals surface area contributed by atoms with E-state index in [-0.39, 0.29) is 19.0 Å². The lowest BCUT2D eigenvalue weighted by Crippen LogP contribution is -2.46. The van der Waals surface area contributed by atoms with Crippen LogP contribution < -0.4 is 5.32 Å². The second-order valence-corrected chi connectivity index (χ2v) is 4.11. The SMILES string of the molecule is C=CCN(CC(F)(F)F)C(=O)CC1COCCN1. The first-order valence-corrected chi connectivity index (χ1v) is 5.69. The summed E-state index contributed by atoms with van der Waals surface area (Å²) in [6, 6.07) is -0.216. The van der Waals surface area contributed by atoms with E-state index in [0.717, 1.165) is 4.90 Å². The maximum Gasteiger partial charge on any atom is 0.406 e. The van der Waals surface area contributed by atoms with E-state index in [1.807, 2.05) is 0 Å². The molecule has 1 fully saturated rings. The van der Waals surface area contributed by atoms with Crippen LogP contribution >= 0.6 is 0 Å². The van der Waals surface area contributed by atoms with Gasteiger partial charge in [-0.05, 0) is 0 Å². The molecule has 1 aliphatic heterocycles. The number of ether oxygens (including phenoxy) is 1. The molecule has 1 N–H and O–H groups in total. The van der Waals surface area contributed by atoms with E-state index in [2.05, 4.69) is 11.9 Å². The quantitative estimate of drug-likeness (QED) is 0.753. The zero-order valence-corrected chi connectivity index (χ0v) is 10.0. The Labute approximate surface area is 104 Å². The van der Waals surface area contributed by atoms with Crippen molar-refractivity contribution in [2.24, 2.45) is 0 Å². The van der Waals surface area contributed by atoms with Gasteiger partial charge in [-0.2, -0.15) is 13.2 Å². The van der Waals surface area contributed by atoms with Gasteiger partial charge in [-0.3, -0.25) is 4.79 Å². The highest BCUT2D eigenvalue weighted by atomic mass is 19.4. The number of hydrogen-bond donors (Lipinski definition) is 1. The molecule has 1 unspecified atom stereocenters. The van der Waals surface area contributed by atoms with Crippen molar-refractivity contribution in [3.63, 3.8) is 0 Å². The zero-order chi connectivity index (χ0) is 13.6. The Kier molecular flexibility index (Phi) is 5.61. The van der Waals surface area contributed by atoms with E-state index in [0.29, 0.717) is 19.8 Å². The van der Waals surface area contributed by atoms with Crippen molar-refractivity contribution in [1.82, 2.24) is 10.2 Å². The van der Waals surface area contributed by atoms with Crippen molar-refractivity contribution < 1.29 is 22.7 Å². The maximum atomic E-state index is 12.3. The Morgan fingerprint density at radius 3 is 2.78 bits per heavy atom. The average molecular weight is 266 g/mol. The van der Waals surface area contributed by atoms with E-state index in [9.17, 15) is 18.0 Å². The number of morpholine rings is 1. The lowest BCUT2D eigenvalue weighted by Gasteiger charge is -2.27. The second kappa shape index (κ2) is 6.75. The molecule has 7 heteroatoms. The fourth-order valence-electron chi connectivity index (χ4n) is 1.72. The fourth-order valence-corrected chi connectivity index (χ4v) is 1.72. The van der Waals surface area contributed by atoms with E-state index < -0.39 is 18.6 Å². The first-order valence-electron chi connectivity index (χ1n) is 5.69. The highest BCUT2D eigenvalue weighted by Crippen LogP contribution is 2.17. The molecule has 0 aromatic carbocycles. The number of halogens is 3. The first kappa shape index (κ1) is 15.0. The summed E-state index contributed by atoms with van der Waals surface area (Å²) in [7, 11) is 0. The molecule has 0 aromatic rings. The standard InChI is InChI=1S/C11H17F3N2O2/c1-2-4-16(8-11(12,13)14)10(17)6-9-7-18-5-3-15-9/h2,9,15H,1,3-8H2. The largest absolute Gasteiger partial charge is 0.406 e. The molecule has 0 radical (unpaired) electrons. The molecule has 0 saturated carbocycles. The van der Waals surface area contributed by atoms with Crippen LogP contribution in [0.15, 0.2) is 12.7 Å². The van der Waals surface area contributed by atoms with Crippen LogP contribution in [0, 0.1) is 0 Å². The first-order chi connectivity index (χ1) is 8.42. The van der Waals surface area contributed by atoms with Crippen LogP contribution in [-0.4, -0.2) is 55.9 Å². The molecular formula is C11H17F3N2O2. The Hall–Kier alpha value is -1.08. The number of alkyl halides is 3. The van der Waals surface area contributed by atoms with Crippen LogP contribution in [0.2, 0.25) is 0 Å².